The second-order valence-corrected chi connectivity index (χ2v) is 22.8. The van der Waals surface area contributed by atoms with Gasteiger partial charge in [-0.2, -0.15) is 0 Å². The van der Waals surface area contributed by atoms with Gasteiger partial charge in [0.2, 0.25) is 29.5 Å². The van der Waals surface area contributed by atoms with Crippen molar-refractivity contribution < 1.29 is 63.3 Å². The van der Waals surface area contributed by atoms with Crippen LogP contribution in [-0.4, -0.2) is 142 Å². The van der Waals surface area contributed by atoms with Crippen molar-refractivity contribution in [1.82, 2.24) is 26.6 Å². The van der Waals surface area contributed by atoms with Gasteiger partial charge in [0.05, 0.1) is 42.8 Å². The molecule has 16 N–H and O–H groups in total. The first-order chi connectivity index (χ1) is 40.3. The molecule has 0 bridgehead atoms. The number of rotatable bonds is 49. The number of carboxylic acids is 1. The maximum Gasteiger partial charge on any atom is 0.303 e. The number of carbonyl (C=O) groups excluding carboxylic acids is 9. The first kappa shape index (κ1) is 76.2. The molecule has 24 heteroatoms. The number of hydrogen-bond donors (Lipinski definition) is 12. The van der Waals surface area contributed by atoms with Crippen LogP contribution >= 0.6 is 0 Å². The van der Waals surface area contributed by atoms with Crippen molar-refractivity contribution in [2.45, 2.75) is 232 Å². The lowest BCUT2D eigenvalue weighted by Gasteiger charge is -2.28. The molecule has 0 aliphatic carbocycles. The van der Waals surface area contributed by atoms with Gasteiger partial charge in [-0.3, -0.25) is 57.9 Å². The van der Waals surface area contributed by atoms with Crippen molar-refractivity contribution >= 4 is 70.6 Å². The van der Waals surface area contributed by atoms with Crippen LogP contribution in [0.1, 0.15) is 195 Å². The van der Waals surface area contributed by atoms with E-state index in [1.807, 2.05) is 0 Å². The van der Waals surface area contributed by atoms with E-state index in [1.165, 1.54) is 72.1 Å². The minimum Gasteiger partial charge on any atom is -0.481 e. The maximum atomic E-state index is 14.5. The summed E-state index contributed by atoms with van der Waals surface area (Å²) in [4.78, 5) is 142. The number of Topliss-reactive ketones (excluding diaryl/α,β-unsaturated/α-hetero) is 4. The lowest BCUT2D eigenvalue weighted by Crippen LogP contribution is -2.57. The number of aliphatic hydroxyl groups is 2. The third-order valence-corrected chi connectivity index (χ3v) is 14.9. The molecule has 1 aromatic rings. The van der Waals surface area contributed by atoms with E-state index in [2.05, 4.69) is 43.5 Å². The Hall–Kier alpha value is -6.82. The number of aliphatic hydroxyl groups excluding tert-OH is 2. The van der Waals surface area contributed by atoms with Crippen LogP contribution in [0.5, 0.6) is 0 Å². The van der Waals surface area contributed by atoms with Crippen LogP contribution < -0.4 is 49.5 Å². The van der Waals surface area contributed by atoms with E-state index in [-0.39, 0.29) is 70.0 Å². The molecule has 480 valence electrons. The van der Waals surface area contributed by atoms with E-state index in [0.29, 0.717) is 12.0 Å². The van der Waals surface area contributed by atoms with E-state index < -0.39 is 151 Å². The molecule has 0 fully saturated rings. The van der Waals surface area contributed by atoms with E-state index >= 15 is 0 Å². The smallest absolute Gasteiger partial charge is 0.303 e. The van der Waals surface area contributed by atoms with Crippen molar-refractivity contribution in [3.05, 3.63) is 35.9 Å². The lowest BCUT2D eigenvalue weighted by molar-refractivity contribution is -0.138. The molecule has 0 aliphatic rings. The Morgan fingerprint density at radius 3 is 1.52 bits per heavy atom. The topological polar surface area (TPSA) is 420 Å². The van der Waals surface area contributed by atoms with Gasteiger partial charge >= 0.3 is 5.97 Å². The highest BCUT2D eigenvalue weighted by Crippen LogP contribution is 2.21. The SMILES string of the molecule is CCCCCCCCCCCCCCCC(=O)N[C@H](C(=O)N[C@H](C(=O)C[C@@H](Cc1ccccc1)C(=O)N[C@@H](CCCN=C(N)N)C(=O)C[C@@H](CO)C(=O)N[C@@H](C)C(=O)C[C@@H](CCCN=C(N)N)C(=O)N[C@@H](CCC(=O)O)C(C)=O)C(C)C)[C@@H](C)O. The van der Waals surface area contributed by atoms with Gasteiger partial charge in [0.25, 0.3) is 0 Å². The Kier molecular flexibility index (Phi) is 39.2. The quantitative estimate of drug-likeness (QED) is 0.0252. The fourth-order valence-corrected chi connectivity index (χ4v) is 9.71. The van der Waals surface area contributed by atoms with Gasteiger partial charge in [0.15, 0.2) is 35.1 Å². The summed E-state index contributed by atoms with van der Waals surface area (Å²) in [5.41, 5.74) is 22.6. The van der Waals surface area contributed by atoms with Crippen molar-refractivity contribution in [2.24, 2.45) is 56.6 Å². The fourth-order valence-electron chi connectivity index (χ4n) is 9.71. The molecule has 0 saturated carbocycles. The van der Waals surface area contributed by atoms with Crippen LogP contribution in [0.4, 0.5) is 0 Å². The summed E-state index contributed by atoms with van der Waals surface area (Å²) in [6.07, 6.45) is 12.0. The Morgan fingerprint density at radius 2 is 1.01 bits per heavy atom. The normalized spacial score (nSPS) is 14.4. The van der Waals surface area contributed by atoms with E-state index in [0.717, 1.165) is 25.7 Å². The van der Waals surface area contributed by atoms with Gasteiger partial charge in [-0.05, 0) is 77.2 Å². The summed E-state index contributed by atoms with van der Waals surface area (Å²) in [6, 6.07) is 2.54. The zero-order valence-corrected chi connectivity index (χ0v) is 51.4. The number of amides is 5. The van der Waals surface area contributed by atoms with Crippen LogP contribution in [0.3, 0.4) is 0 Å². The Balaban J connectivity index is 3.26. The maximum absolute atomic E-state index is 14.5. The first-order valence-corrected chi connectivity index (χ1v) is 30.6. The number of hydrogen-bond acceptors (Lipinski definition) is 14. The third kappa shape index (κ3) is 34.1. The van der Waals surface area contributed by atoms with E-state index in [4.69, 9.17) is 28.0 Å². The molecule has 0 spiro atoms. The zero-order valence-electron chi connectivity index (χ0n) is 51.4. The second kappa shape index (κ2) is 43.8. The van der Waals surface area contributed by atoms with E-state index in [1.54, 1.807) is 44.2 Å². The number of nitrogens with zero attached hydrogens (tertiary/aromatic N) is 2. The first-order valence-electron chi connectivity index (χ1n) is 30.6. The Labute approximate surface area is 502 Å². The molecule has 0 aliphatic heterocycles. The molecule has 9 atom stereocenters. The Morgan fingerprint density at radius 1 is 0.518 bits per heavy atom. The van der Waals surface area contributed by atoms with Crippen LogP contribution in [0.15, 0.2) is 40.3 Å². The number of guanidine groups is 2. The minimum atomic E-state index is -1.43. The molecular formula is C61H103N11O13. The van der Waals surface area contributed by atoms with Gasteiger partial charge in [-0.15, -0.1) is 0 Å². The summed E-state index contributed by atoms with van der Waals surface area (Å²) in [7, 11) is 0. The van der Waals surface area contributed by atoms with Gasteiger partial charge in [-0.25, -0.2) is 0 Å². The van der Waals surface area contributed by atoms with E-state index in [9.17, 15) is 58.2 Å². The van der Waals surface area contributed by atoms with Crippen LogP contribution in [0.25, 0.3) is 0 Å². The molecule has 0 unspecified atom stereocenters. The van der Waals surface area contributed by atoms with Crippen molar-refractivity contribution in [2.75, 3.05) is 19.7 Å². The van der Waals surface area contributed by atoms with Crippen LogP contribution in [0, 0.1) is 23.7 Å². The largest absolute Gasteiger partial charge is 0.481 e. The van der Waals surface area contributed by atoms with Gasteiger partial charge < -0.3 is 64.8 Å². The molecule has 24 nitrogen and oxygen atoms in total. The summed E-state index contributed by atoms with van der Waals surface area (Å²) < 4.78 is 0. The third-order valence-electron chi connectivity index (χ3n) is 14.9. The molecule has 0 heterocycles. The molecule has 0 saturated heterocycles. The number of benzene rings is 1. The average molecular weight is 1200 g/mol. The summed E-state index contributed by atoms with van der Waals surface area (Å²) in [6.45, 7) is 8.79. The number of nitrogens with one attached hydrogen (secondary N) is 5. The number of aliphatic imine (C=N–C) groups is 2. The number of carboxylic acid groups (broad SMARTS) is 1. The number of nitrogens with two attached hydrogens (primary N) is 4. The second-order valence-electron chi connectivity index (χ2n) is 22.8. The molecule has 1 aromatic carbocycles. The molecular weight excluding hydrogens is 1090 g/mol. The number of ketones is 4. The van der Waals surface area contributed by atoms with Crippen LogP contribution in [0.2, 0.25) is 0 Å². The fraction of sp³-hybridized carbons (Fsp3) is 0.705. The van der Waals surface area contributed by atoms with Gasteiger partial charge in [-0.1, -0.05) is 128 Å². The van der Waals surface area contributed by atoms with Crippen molar-refractivity contribution in [1.29, 1.82) is 0 Å². The standard InChI is InChI=1S/C61H103N11O13/c1-7-8-9-10-11-12-13-14-15-16-17-18-22-29-52(79)71-55(42(6)75)59(85)72-54(39(2)3)51(78)36-45(34-43-25-20-19-21-26-43)57(83)70-48(28-24-33-67-61(64)65)50(77)37-46(38-73)58(84)68-40(4)49(76)35-44(27-23-32-66-60(62)63)56(82)69-47(41(5)74)30-31-53(80)81/h19-21,25-26,39-40,42,44-48,54-55,73,75H,7-18,22-24,27-38H2,1-6H3,(H,68,84)(H,69,82)(H,70,83)(H,71,79)(H,72,85)(H,80,81)(H4,62,63,66)(H4,64,65,67)/t40-,42+,44+,45+,46-,47-,48-,54-,55-/m0/s1. The molecule has 1 rings (SSSR count). The van der Waals surface area contributed by atoms with Gasteiger partial charge in [0.1, 0.15) is 6.04 Å². The predicted octanol–water partition coefficient (Wildman–Crippen LogP) is 3.47. The van der Waals surface area contributed by atoms with Gasteiger partial charge in [0, 0.05) is 57.0 Å². The van der Waals surface area contributed by atoms with Crippen molar-refractivity contribution in [3.63, 3.8) is 0 Å². The molecule has 5 amide bonds. The Bertz CT molecular complexity index is 2290. The summed E-state index contributed by atoms with van der Waals surface area (Å²) in [5, 5.41) is 43.4. The van der Waals surface area contributed by atoms with Crippen molar-refractivity contribution in [3.8, 4) is 0 Å². The highest BCUT2D eigenvalue weighted by Gasteiger charge is 2.36. The summed E-state index contributed by atoms with van der Waals surface area (Å²) >= 11 is 0. The zero-order chi connectivity index (χ0) is 63.9. The number of aliphatic carboxylic acids is 1. The molecule has 85 heavy (non-hydrogen) atoms. The predicted molar refractivity (Wildman–Crippen MR) is 326 cm³/mol. The highest BCUT2D eigenvalue weighted by atomic mass is 16.4. The van der Waals surface area contributed by atoms with Crippen LogP contribution in [-0.2, 0) is 54.4 Å². The highest BCUT2D eigenvalue weighted by molar-refractivity contribution is 5.98. The lowest BCUT2D eigenvalue weighted by atomic mass is 9.87. The monoisotopic (exact) mass is 1200 g/mol. The minimum absolute atomic E-state index is 0.0199. The molecule has 0 aromatic heterocycles. The number of carbonyl (C=O) groups is 10. The number of unbranched alkanes of at least 4 members (excludes halogenated alkanes) is 12. The molecule has 0 radical (unpaired) electrons. The summed E-state index contributed by atoms with van der Waals surface area (Å²) in [5.74, 6) is -11.6. The average Bonchev–Trinajstić information content (AvgIpc) is 3.66.